The zero-order valence-corrected chi connectivity index (χ0v) is 11.5. The molecule has 0 aliphatic carbocycles. The molecule has 1 aliphatic heterocycles. The van der Waals surface area contributed by atoms with Gasteiger partial charge < -0.3 is 9.64 Å². The van der Waals surface area contributed by atoms with Crippen LogP contribution in [0.5, 0.6) is 5.88 Å². The van der Waals surface area contributed by atoms with Gasteiger partial charge in [0.05, 0.1) is 17.8 Å². The second-order valence-electron chi connectivity index (χ2n) is 3.36. The number of alkyl halides is 1. The summed E-state index contributed by atoms with van der Waals surface area (Å²) in [6.45, 7) is 1.94. The Kier molecular flexibility index (Phi) is 3.45. The topological polar surface area (TPSA) is 38.2 Å². The molecule has 2 heterocycles. The first kappa shape index (κ1) is 11.1. The van der Waals surface area contributed by atoms with Gasteiger partial charge in [0.2, 0.25) is 11.8 Å². The van der Waals surface area contributed by atoms with Gasteiger partial charge in [0, 0.05) is 17.9 Å². The quantitative estimate of drug-likeness (QED) is 0.776. The van der Waals surface area contributed by atoms with Crippen molar-refractivity contribution in [3.8, 4) is 5.88 Å². The number of hydrogen-bond donors (Lipinski definition) is 0. The van der Waals surface area contributed by atoms with E-state index >= 15 is 0 Å². The second-order valence-corrected chi connectivity index (χ2v) is 5.51. The predicted octanol–water partition coefficient (Wildman–Crippen LogP) is 2.22. The van der Waals surface area contributed by atoms with Crippen molar-refractivity contribution in [2.45, 2.75) is 11.2 Å². The van der Waals surface area contributed by atoms with Crippen LogP contribution in [-0.4, -0.2) is 35.0 Å². The summed E-state index contributed by atoms with van der Waals surface area (Å²) in [7, 11) is 1.61. The van der Waals surface area contributed by atoms with Crippen molar-refractivity contribution < 1.29 is 4.74 Å². The lowest BCUT2D eigenvalue weighted by atomic mass is 10.4. The van der Waals surface area contributed by atoms with Crippen molar-refractivity contribution in [3.05, 3.63) is 10.7 Å². The van der Waals surface area contributed by atoms with Crippen LogP contribution in [-0.2, 0) is 0 Å². The Morgan fingerprint density at radius 3 is 3.00 bits per heavy atom. The summed E-state index contributed by atoms with van der Waals surface area (Å²) < 4.78 is 5.92. The molecule has 0 radical (unpaired) electrons. The Labute approximate surface area is 105 Å². The first-order valence-electron chi connectivity index (χ1n) is 4.66. The zero-order valence-electron chi connectivity index (χ0n) is 8.28. The number of aromatic nitrogens is 2. The molecule has 0 amide bonds. The summed E-state index contributed by atoms with van der Waals surface area (Å²) in [4.78, 5) is 11.3. The fraction of sp³-hybridized carbons (Fsp3) is 0.556. The second kappa shape index (κ2) is 4.65. The van der Waals surface area contributed by atoms with Gasteiger partial charge in [-0.05, 0) is 22.4 Å². The molecule has 0 bridgehead atoms. The maximum Gasteiger partial charge on any atom is 0.232 e. The summed E-state index contributed by atoms with van der Waals surface area (Å²) in [6, 6.07) is 0. The summed E-state index contributed by atoms with van der Waals surface area (Å²) in [5, 5.41) is 0. The molecule has 0 spiro atoms. The van der Waals surface area contributed by atoms with E-state index in [9.17, 15) is 0 Å². The van der Waals surface area contributed by atoms with Crippen LogP contribution >= 0.6 is 31.9 Å². The van der Waals surface area contributed by atoms with Gasteiger partial charge in [0.1, 0.15) is 0 Å². The number of rotatable bonds is 2. The summed E-state index contributed by atoms with van der Waals surface area (Å²) in [6.07, 6.45) is 2.85. The molecule has 6 heteroatoms. The van der Waals surface area contributed by atoms with E-state index in [-0.39, 0.29) is 0 Å². The highest BCUT2D eigenvalue weighted by molar-refractivity contribution is 9.10. The lowest BCUT2D eigenvalue weighted by Crippen LogP contribution is -2.22. The van der Waals surface area contributed by atoms with Crippen LogP contribution in [0.25, 0.3) is 0 Å². The maximum absolute atomic E-state index is 5.14. The maximum atomic E-state index is 5.14. The molecule has 4 nitrogen and oxygen atoms in total. The number of halogens is 2. The molecule has 1 aromatic heterocycles. The van der Waals surface area contributed by atoms with Crippen molar-refractivity contribution in [1.82, 2.24) is 9.97 Å². The Morgan fingerprint density at radius 2 is 2.40 bits per heavy atom. The SMILES string of the molecule is COc1nc(N2CCC(Br)C2)ncc1Br. The van der Waals surface area contributed by atoms with Crippen molar-refractivity contribution in [2.24, 2.45) is 0 Å². The molecular weight excluding hydrogens is 326 g/mol. The molecule has 1 aromatic rings. The van der Waals surface area contributed by atoms with Gasteiger partial charge in [-0.25, -0.2) is 4.98 Å². The number of anilines is 1. The monoisotopic (exact) mass is 335 g/mol. The van der Waals surface area contributed by atoms with Crippen LogP contribution in [0.3, 0.4) is 0 Å². The largest absolute Gasteiger partial charge is 0.480 e. The number of methoxy groups -OCH3 is 1. The number of nitrogens with zero attached hydrogens (tertiary/aromatic N) is 3. The summed E-state index contributed by atoms with van der Waals surface area (Å²) in [5.74, 6) is 1.31. The van der Waals surface area contributed by atoms with Gasteiger partial charge in [-0.2, -0.15) is 4.98 Å². The predicted molar refractivity (Wildman–Crippen MR) is 65.8 cm³/mol. The van der Waals surface area contributed by atoms with Gasteiger partial charge >= 0.3 is 0 Å². The highest BCUT2D eigenvalue weighted by Crippen LogP contribution is 2.26. The molecular formula is C9H11Br2N3O. The molecule has 0 aromatic carbocycles. The van der Waals surface area contributed by atoms with Gasteiger partial charge in [-0.15, -0.1) is 0 Å². The van der Waals surface area contributed by atoms with Crippen molar-refractivity contribution in [3.63, 3.8) is 0 Å². The Balaban J connectivity index is 2.21. The van der Waals surface area contributed by atoms with Crippen molar-refractivity contribution in [1.29, 1.82) is 0 Å². The molecule has 0 saturated carbocycles. The van der Waals surface area contributed by atoms with Crippen LogP contribution in [0, 0.1) is 0 Å². The van der Waals surface area contributed by atoms with Crippen LogP contribution < -0.4 is 9.64 Å². The third-order valence-electron chi connectivity index (χ3n) is 2.31. The fourth-order valence-corrected chi connectivity index (χ4v) is 2.44. The average molecular weight is 337 g/mol. The van der Waals surface area contributed by atoms with E-state index in [1.165, 1.54) is 0 Å². The van der Waals surface area contributed by atoms with Crippen molar-refractivity contribution >= 4 is 37.8 Å². The normalized spacial score (nSPS) is 20.7. The Bertz CT molecular complexity index is 361. The lowest BCUT2D eigenvalue weighted by molar-refractivity contribution is 0.394. The molecule has 82 valence electrons. The van der Waals surface area contributed by atoms with Crippen LogP contribution in [0.15, 0.2) is 10.7 Å². The summed E-state index contributed by atoms with van der Waals surface area (Å²) in [5.41, 5.74) is 0. The van der Waals surface area contributed by atoms with E-state index in [1.54, 1.807) is 13.3 Å². The standard InChI is InChI=1S/C9H11Br2N3O/c1-15-8-7(11)4-12-9(13-8)14-3-2-6(10)5-14/h4,6H,2-3,5H2,1H3. The van der Waals surface area contributed by atoms with E-state index in [2.05, 4.69) is 46.7 Å². The first-order chi connectivity index (χ1) is 7.20. The smallest absolute Gasteiger partial charge is 0.232 e. The van der Waals surface area contributed by atoms with E-state index in [0.717, 1.165) is 29.9 Å². The molecule has 1 atom stereocenters. The Hall–Kier alpha value is -0.360. The minimum absolute atomic E-state index is 0.538. The molecule has 2 rings (SSSR count). The molecule has 0 N–H and O–H groups in total. The summed E-state index contributed by atoms with van der Waals surface area (Å²) >= 11 is 6.92. The highest BCUT2D eigenvalue weighted by Gasteiger charge is 2.22. The molecule has 1 saturated heterocycles. The van der Waals surface area contributed by atoms with E-state index in [1.807, 2.05) is 0 Å². The van der Waals surface area contributed by atoms with E-state index in [4.69, 9.17) is 4.74 Å². The van der Waals surface area contributed by atoms with Gasteiger partial charge in [0.25, 0.3) is 0 Å². The van der Waals surface area contributed by atoms with E-state index in [0.29, 0.717) is 10.7 Å². The Morgan fingerprint density at radius 1 is 1.60 bits per heavy atom. The minimum atomic E-state index is 0.538. The van der Waals surface area contributed by atoms with Gasteiger partial charge in [-0.3, -0.25) is 0 Å². The molecule has 1 unspecified atom stereocenters. The van der Waals surface area contributed by atoms with Crippen LogP contribution in [0.1, 0.15) is 6.42 Å². The van der Waals surface area contributed by atoms with Crippen LogP contribution in [0.2, 0.25) is 0 Å². The van der Waals surface area contributed by atoms with Gasteiger partial charge in [-0.1, -0.05) is 15.9 Å². The lowest BCUT2D eigenvalue weighted by Gasteiger charge is -2.15. The van der Waals surface area contributed by atoms with Crippen molar-refractivity contribution in [2.75, 3.05) is 25.1 Å². The molecule has 1 aliphatic rings. The van der Waals surface area contributed by atoms with Crippen LogP contribution in [0.4, 0.5) is 5.95 Å². The minimum Gasteiger partial charge on any atom is -0.480 e. The molecule has 1 fully saturated rings. The highest BCUT2D eigenvalue weighted by atomic mass is 79.9. The number of ether oxygens (including phenoxy) is 1. The third-order valence-corrected chi connectivity index (χ3v) is 3.60. The third kappa shape index (κ3) is 2.42. The molecule has 15 heavy (non-hydrogen) atoms. The average Bonchev–Trinajstić information content (AvgIpc) is 2.66. The van der Waals surface area contributed by atoms with Gasteiger partial charge in [0.15, 0.2) is 0 Å². The number of hydrogen-bond acceptors (Lipinski definition) is 4. The zero-order chi connectivity index (χ0) is 10.8. The first-order valence-corrected chi connectivity index (χ1v) is 6.37. The van der Waals surface area contributed by atoms with E-state index < -0.39 is 0 Å². The fourth-order valence-electron chi connectivity index (χ4n) is 1.54.